The Bertz CT molecular complexity index is 946. The van der Waals surface area contributed by atoms with E-state index in [0.29, 0.717) is 11.5 Å². The van der Waals surface area contributed by atoms with E-state index in [1.54, 1.807) is 12.1 Å². The van der Waals surface area contributed by atoms with Crippen molar-refractivity contribution in [2.75, 3.05) is 5.32 Å². The highest BCUT2D eigenvalue weighted by Crippen LogP contribution is 2.31. The minimum absolute atomic E-state index is 0.106. The first-order valence-corrected chi connectivity index (χ1v) is 10.6. The number of benzene rings is 2. The molecule has 152 valence electrons. The molecule has 0 saturated carbocycles. The van der Waals surface area contributed by atoms with Gasteiger partial charge >= 0.3 is 0 Å². The summed E-state index contributed by atoms with van der Waals surface area (Å²) in [6.07, 6.45) is 2.84. The van der Waals surface area contributed by atoms with E-state index in [0.717, 1.165) is 46.6 Å². The number of nitrogens with zero attached hydrogens (tertiary/aromatic N) is 2. The van der Waals surface area contributed by atoms with Gasteiger partial charge in [0.15, 0.2) is 0 Å². The summed E-state index contributed by atoms with van der Waals surface area (Å²) in [5.74, 6) is 2.61. The second-order valence-electron chi connectivity index (χ2n) is 6.86. The van der Waals surface area contributed by atoms with Crippen LogP contribution in [0.5, 0.6) is 11.5 Å². The molecule has 1 N–H and O–H groups in total. The average Bonchev–Trinajstić information content (AvgIpc) is 2.72. The molecule has 1 unspecified atom stereocenters. The summed E-state index contributed by atoms with van der Waals surface area (Å²) >= 11 is 3.67. The Labute approximate surface area is 179 Å². The summed E-state index contributed by atoms with van der Waals surface area (Å²) < 4.78 is 19.7. The zero-order valence-electron chi connectivity index (χ0n) is 16.9. The zero-order chi connectivity index (χ0) is 20.8. The predicted molar refractivity (Wildman–Crippen MR) is 118 cm³/mol. The van der Waals surface area contributed by atoms with Crippen LogP contribution in [0.2, 0.25) is 0 Å². The molecule has 6 heteroatoms. The molecular weight excluding hydrogens is 433 g/mol. The van der Waals surface area contributed by atoms with E-state index >= 15 is 0 Å². The Hall–Kier alpha value is -2.47. The fraction of sp³-hybridized carbons (Fsp3) is 0.304. The largest absolute Gasteiger partial charge is 0.457 e. The second-order valence-corrected chi connectivity index (χ2v) is 7.65. The molecule has 0 radical (unpaired) electrons. The van der Waals surface area contributed by atoms with Crippen molar-refractivity contribution < 1.29 is 9.13 Å². The van der Waals surface area contributed by atoms with Gasteiger partial charge in [-0.1, -0.05) is 32.4 Å². The quantitative estimate of drug-likeness (QED) is 0.395. The number of aromatic nitrogens is 2. The highest BCUT2D eigenvalue weighted by atomic mass is 79.9. The van der Waals surface area contributed by atoms with Crippen LogP contribution >= 0.6 is 15.9 Å². The predicted octanol–water partition coefficient (Wildman–Crippen LogP) is 6.99. The first kappa shape index (κ1) is 21.2. The number of nitrogens with one attached hydrogen (secondary N) is 1. The molecule has 1 heterocycles. The number of anilines is 1. The highest BCUT2D eigenvalue weighted by Gasteiger charge is 2.15. The molecule has 2 aromatic carbocycles. The van der Waals surface area contributed by atoms with Crippen molar-refractivity contribution in [2.24, 2.45) is 0 Å². The van der Waals surface area contributed by atoms with Crippen molar-refractivity contribution in [2.45, 2.75) is 46.1 Å². The molecule has 1 atom stereocenters. The number of ether oxygens (including phenoxy) is 1. The average molecular weight is 458 g/mol. The maximum absolute atomic E-state index is 13.0. The minimum Gasteiger partial charge on any atom is -0.457 e. The van der Waals surface area contributed by atoms with Gasteiger partial charge in [0.05, 0.1) is 16.2 Å². The number of hydrogen-bond donors (Lipinski definition) is 1. The molecule has 0 aliphatic heterocycles. The van der Waals surface area contributed by atoms with Crippen LogP contribution < -0.4 is 10.1 Å². The lowest BCUT2D eigenvalue weighted by Crippen LogP contribution is -2.13. The highest BCUT2D eigenvalue weighted by molar-refractivity contribution is 9.10. The maximum Gasteiger partial charge on any atom is 0.144 e. The second kappa shape index (κ2) is 9.83. The third-order valence-corrected chi connectivity index (χ3v) is 5.40. The van der Waals surface area contributed by atoms with Crippen LogP contribution in [0.3, 0.4) is 0 Å². The Kier molecular flexibility index (Phi) is 7.20. The van der Waals surface area contributed by atoms with Crippen molar-refractivity contribution in [3.05, 3.63) is 75.9 Å². The van der Waals surface area contributed by atoms with Crippen molar-refractivity contribution in [3.63, 3.8) is 0 Å². The molecule has 0 saturated heterocycles. The van der Waals surface area contributed by atoms with Crippen LogP contribution in [0, 0.1) is 12.7 Å². The van der Waals surface area contributed by atoms with Gasteiger partial charge in [0.25, 0.3) is 0 Å². The number of hydrogen-bond acceptors (Lipinski definition) is 4. The molecule has 29 heavy (non-hydrogen) atoms. The summed E-state index contributed by atoms with van der Waals surface area (Å²) in [6, 6.07) is 14.0. The number of halogens is 2. The van der Waals surface area contributed by atoms with Crippen LogP contribution in [0.15, 0.2) is 53.0 Å². The molecule has 4 nitrogen and oxygen atoms in total. The first-order valence-electron chi connectivity index (χ1n) is 9.83. The Morgan fingerprint density at radius 3 is 2.21 bits per heavy atom. The maximum atomic E-state index is 13.0. The lowest BCUT2D eigenvalue weighted by atomic mass is 10.0. The number of aryl methyl sites for hydroxylation is 2. The summed E-state index contributed by atoms with van der Waals surface area (Å²) in [6.45, 7) is 6.19. The van der Waals surface area contributed by atoms with E-state index in [1.807, 2.05) is 31.2 Å². The Morgan fingerprint density at radius 2 is 1.62 bits per heavy atom. The Morgan fingerprint density at radius 1 is 1.00 bits per heavy atom. The van der Waals surface area contributed by atoms with E-state index in [9.17, 15) is 4.39 Å². The van der Waals surface area contributed by atoms with Crippen molar-refractivity contribution in [1.82, 2.24) is 9.97 Å². The lowest BCUT2D eigenvalue weighted by molar-refractivity contribution is 0.480. The van der Waals surface area contributed by atoms with E-state index in [2.05, 4.69) is 45.1 Å². The SMILES string of the molecule is CCCc1nc(C)nc(NC(CC)c2ccc(Oc3ccc(F)cc3)cc2)c1Br. The standard InChI is InChI=1S/C23H25BrFN3O/c1-4-6-21-22(24)23(27-15(3)26-21)28-20(5-2)16-7-11-18(12-8-16)29-19-13-9-17(25)10-14-19/h7-14,20H,4-6H2,1-3H3,(H,26,27,28). The van der Waals surface area contributed by atoms with Crippen molar-refractivity contribution in [1.29, 1.82) is 0 Å². The van der Waals surface area contributed by atoms with E-state index in [1.165, 1.54) is 12.1 Å². The molecule has 3 aromatic rings. The molecule has 0 bridgehead atoms. The summed E-state index contributed by atoms with van der Waals surface area (Å²) in [7, 11) is 0. The summed E-state index contributed by atoms with van der Waals surface area (Å²) in [5.41, 5.74) is 2.17. The van der Waals surface area contributed by atoms with Crippen LogP contribution in [0.25, 0.3) is 0 Å². The number of rotatable bonds is 8. The van der Waals surface area contributed by atoms with E-state index in [-0.39, 0.29) is 11.9 Å². The van der Waals surface area contributed by atoms with Gasteiger partial charge < -0.3 is 10.1 Å². The molecule has 1 aromatic heterocycles. The van der Waals surface area contributed by atoms with Gasteiger partial charge in [-0.3, -0.25) is 0 Å². The fourth-order valence-corrected chi connectivity index (χ4v) is 3.60. The van der Waals surface area contributed by atoms with Gasteiger partial charge in [0, 0.05) is 0 Å². The van der Waals surface area contributed by atoms with Gasteiger partial charge in [-0.25, -0.2) is 14.4 Å². The normalized spacial score (nSPS) is 11.9. The zero-order valence-corrected chi connectivity index (χ0v) is 18.5. The molecule has 0 spiro atoms. The lowest BCUT2D eigenvalue weighted by Gasteiger charge is -2.20. The monoisotopic (exact) mass is 457 g/mol. The minimum atomic E-state index is -0.280. The molecule has 0 aliphatic rings. The van der Waals surface area contributed by atoms with Gasteiger partial charge in [-0.05, 0) is 77.7 Å². The third-order valence-electron chi connectivity index (χ3n) is 4.57. The van der Waals surface area contributed by atoms with Gasteiger partial charge in [0.2, 0.25) is 0 Å². The first-order chi connectivity index (χ1) is 14.0. The van der Waals surface area contributed by atoms with Crippen molar-refractivity contribution in [3.8, 4) is 11.5 Å². The molecular formula is C23H25BrFN3O. The Balaban J connectivity index is 1.76. The molecule has 0 fully saturated rings. The summed E-state index contributed by atoms with van der Waals surface area (Å²) in [4.78, 5) is 9.13. The fourth-order valence-electron chi connectivity index (χ4n) is 3.11. The van der Waals surface area contributed by atoms with Gasteiger partial charge in [-0.2, -0.15) is 0 Å². The van der Waals surface area contributed by atoms with Crippen LogP contribution in [-0.4, -0.2) is 9.97 Å². The van der Waals surface area contributed by atoms with E-state index in [4.69, 9.17) is 4.74 Å². The smallest absolute Gasteiger partial charge is 0.144 e. The van der Waals surface area contributed by atoms with Crippen molar-refractivity contribution >= 4 is 21.7 Å². The van der Waals surface area contributed by atoms with Crippen LogP contribution in [0.4, 0.5) is 10.2 Å². The summed E-state index contributed by atoms with van der Waals surface area (Å²) in [5, 5.41) is 3.55. The molecule has 3 rings (SSSR count). The van der Waals surface area contributed by atoms with Crippen LogP contribution in [-0.2, 0) is 6.42 Å². The van der Waals surface area contributed by atoms with Gasteiger partial charge in [-0.15, -0.1) is 0 Å². The van der Waals surface area contributed by atoms with E-state index < -0.39 is 0 Å². The van der Waals surface area contributed by atoms with Crippen LogP contribution in [0.1, 0.15) is 49.8 Å². The molecule has 0 amide bonds. The molecule has 0 aliphatic carbocycles. The topological polar surface area (TPSA) is 47.0 Å². The van der Waals surface area contributed by atoms with Gasteiger partial charge in [0.1, 0.15) is 29.0 Å². The third kappa shape index (κ3) is 5.54.